The smallest absolute Gasteiger partial charge is 0.338 e. The Morgan fingerprint density at radius 2 is 1.09 bits per heavy atom. The van der Waals surface area contributed by atoms with Crippen molar-refractivity contribution < 1.29 is 9.53 Å². The van der Waals surface area contributed by atoms with Gasteiger partial charge in [0.2, 0.25) is 0 Å². The van der Waals surface area contributed by atoms with Gasteiger partial charge < -0.3 is 9.64 Å². The summed E-state index contributed by atoms with van der Waals surface area (Å²) in [5.74, 6) is -0.210. The van der Waals surface area contributed by atoms with Crippen molar-refractivity contribution in [2.45, 2.75) is 83.5 Å². The quantitative estimate of drug-likeness (QED) is 0.111. The van der Waals surface area contributed by atoms with Crippen LogP contribution in [-0.4, -0.2) is 38.1 Å². The van der Waals surface area contributed by atoms with E-state index in [1.54, 1.807) is 0 Å². The third kappa shape index (κ3) is 10.0. The molecule has 0 unspecified atom stereocenters. The zero-order valence-corrected chi connectivity index (χ0v) is 22.1. The summed E-state index contributed by atoms with van der Waals surface area (Å²) < 4.78 is 5.54. The molecule has 0 amide bonds. The molecule has 3 nitrogen and oxygen atoms in total. The summed E-state index contributed by atoms with van der Waals surface area (Å²) >= 11 is 0. The molecular weight excluding hydrogens is 430 g/mol. The van der Waals surface area contributed by atoms with E-state index in [1.165, 1.54) is 87.9 Å². The molecular formula is C32H45NO2. The molecule has 0 fully saturated rings. The number of rotatable bonds is 17. The fraction of sp³-hybridized carbons (Fsp3) is 0.531. The number of carbonyl (C=O) groups is 1. The molecule has 190 valence electrons. The molecule has 3 aromatic carbocycles. The maximum atomic E-state index is 12.5. The molecule has 0 spiro atoms. The molecule has 0 heterocycles. The van der Waals surface area contributed by atoms with Crippen molar-refractivity contribution in [1.82, 2.24) is 4.90 Å². The summed E-state index contributed by atoms with van der Waals surface area (Å²) in [6.45, 7) is 1.74. The number of unbranched alkanes of at least 4 members (excludes halogenated alkanes) is 12. The third-order valence-corrected chi connectivity index (χ3v) is 6.92. The maximum Gasteiger partial charge on any atom is 0.338 e. The zero-order valence-electron chi connectivity index (χ0n) is 22.1. The summed E-state index contributed by atoms with van der Waals surface area (Å²) in [6.07, 6.45) is 17.1. The van der Waals surface area contributed by atoms with E-state index in [0.717, 1.165) is 23.6 Å². The Bertz CT molecular complexity index is 1030. The number of esters is 1. The van der Waals surface area contributed by atoms with Crippen LogP contribution in [0.1, 0.15) is 93.8 Å². The van der Waals surface area contributed by atoms with Crippen LogP contribution >= 0.6 is 0 Å². The minimum absolute atomic E-state index is 0.210. The second-order valence-electron chi connectivity index (χ2n) is 10.3. The third-order valence-electron chi connectivity index (χ3n) is 6.92. The van der Waals surface area contributed by atoms with Crippen molar-refractivity contribution in [3.8, 4) is 0 Å². The van der Waals surface area contributed by atoms with Gasteiger partial charge in [-0.05, 0) is 79.3 Å². The highest BCUT2D eigenvalue weighted by Crippen LogP contribution is 2.24. The zero-order chi connectivity index (χ0) is 24.7. The van der Waals surface area contributed by atoms with Crippen molar-refractivity contribution in [1.29, 1.82) is 0 Å². The first-order chi connectivity index (χ1) is 17.1. The number of benzene rings is 3. The normalized spacial score (nSPS) is 11.5. The van der Waals surface area contributed by atoms with Crippen LogP contribution in [0.4, 0.5) is 0 Å². The van der Waals surface area contributed by atoms with Gasteiger partial charge in [-0.15, -0.1) is 0 Å². The Morgan fingerprint density at radius 3 is 1.66 bits per heavy atom. The predicted molar refractivity (Wildman–Crippen MR) is 150 cm³/mol. The summed E-state index contributed by atoms with van der Waals surface area (Å²) in [7, 11) is 4.31. The van der Waals surface area contributed by atoms with Crippen LogP contribution in [-0.2, 0) is 4.74 Å². The van der Waals surface area contributed by atoms with Crippen molar-refractivity contribution in [2.24, 2.45) is 0 Å². The van der Waals surface area contributed by atoms with E-state index in [0.29, 0.717) is 12.2 Å². The van der Waals surface area contributed by atoms with Gasteiger partial charge in [0.05, 0.1) is 12.2 Å². The highest BCUT2D eigenvalue weighted by molar-refractivity contribution is 6.01. The molecule has 3 rings (SSSR count). The predicted octanol–water partition coefficient (Wildman–Crippen LogP) is 8.78. The minimum Gasteiger partial charge on any atom is -0.462 e. The molecule has 0 aliphatic heterocycles. The molecule has 35 heavy (non-hydrogen) atoms. The first kappa shape index (κ1) is 27.2. The number of hydrogen-bond acceptors (Lipinski definition) is 3. The summed E-state index contributed by atoms with van der Waals surface area (Å²) in [5, 5.41) is 4.64. The van der Waals surface area contributed by atoms with Crippen molar-refractivity contribution >= 4 is 27.5 Å². The highest BCUT2D eigenvalue weighted by Gasteiger charge is 2.08. The number of nitrogens with zero attached hydrogens (tertiary/aromatic N) is 1. The molecule has 0 aliphatic carbocycles. The van der Waals surface area contributed by atoms with E-state index < -0.39 is 0 Å². The van der Waals surface area contributed by atoms with Crippen LogP contribution in [0.15, 0.2) is 54.6 Å². The number of fused-ring (bicyclic) bond motifs is 2. The van der Waals surface area contributed by atoms with Crippen LogP contribution in [0.3, 0.4) is 0 Å². The topological polar surface area (TPSA) is 29.5 Å². The fourth-order valence-electron chi connectivity index (χ4n) is 4.79. The van der Waals surface area contributed by atoms with Gasteiger partial charge in [0.15, 0.2) is 0 Å². The molecule has 0 aromatic heterocycles. The minimum atomic E-state index is -0.210. The molecule has 3 heteroatoms. The summed E-state index contributed by atoms with van der Waals surface area (Å²) in [4.78, 5) is 14.8. The largest absolute Gasteiger partial charge is 0.462 e. The van der Waals surface area contributed by atoms with Crippen molar-refractivity contribution in [2.75, 3.05) is 27.2 Å². The van der Waals surface area contributed by atoms with Crippen LogP contribution in [0.25, 0.3) is 21.5 Å². The van der Waals surface area contributed by atoms with Crippen molar-refractivity contribution in [3.63, 3.8) is 0 Å². The van der Waals surface area contributed by atoms with Gasteiger partial charge >= 0.3 is 5.97 Å². The lowest BCUT2D eigenvalue weighted by atomic mass is 10.0. The lowest BCUT2D eigenvalue weighted by molar-refractivity contribution is 0.0498. The van der Waals surface area contributed by atoms with Gasteiger partial charge in [-0.25, -0.2) is 4.79 Å². The van der Waals surface area contributed by atoms with Gasteiger partial charge in [-0.2, -0.15) is 0 Å². The van der Waals surface area contributed by atoms with Gasteiger partial charge in [0.25, 0.3) is 0 Å². The monoisotopic (exact) mass is 475 g/mol. The average molecular weight is 476 g/mol. The van der Waals surface area contributed by atoms with Crippen LogP contribution in [0, 0.1) is 0 Å². The Hall–Kier alpha value is -2.39. The van der Waals surface area contributed by atoms with E-state index in [1.807, 2.05) is 24.3 Å². The number of hydrogen-bond donors (Lipinski definition) is 0. The highest BCUT2D eigenvalue weighted by atomic mass is 16.5. The Kier molecular flexibility index (Phi) is 12.1. The van der Waals surface area contributed by atoms with E-state index >= 15 is 0 Å². The van der Waals surface area contributed by atoms with Gasteiger partial charge in [0.1, 0.15) is 0 Å². The standard InChI is InChI=1S/C32H45NO2/c1-33(2)22-16-12-10-8-6-4-3-5-7-9-11-13-17-23-35-32(34)30-21-20-29-24-27-18-14-15-19-28(27)25-31(29)26-30/h14-15,18-21,24-26H,3-13,16-17,22-23H2,1-2H3. The van der Waals surface area contributed by atoms with Gasteiger partial charge in [-0.1, -0.05) is 101 Å². The molecule has 0 N–H and O–H groups in total. The van der Waals surface area contributed by atoms with E-state index in [2.05, 4.69) is 49.3 Å². The Balaban J connectivity index is 1.19. The Labute approximate surface area is 212 Å². The summed E-state index contributed by atoms with van der Waals surface area (Å²) in [6, 6.07) is 18.5. The van der Waals surface area contributed by atoms with Crippen LogP contribution in [0.2, 0.25) is 0 Å². The second kappa shape index (κ2) is 15.6. The van der Waals surface area contributed by atoms with Crippen molar-refractivity contribution in [3.05, 3.63) is 60.2 Å². The molecule has 0 bridgehead atoms. The molecule has 0 aliphatic rings. The van der Waals surface area contributed by atoms with Crippen LogP contribution < -0.4 is 0 Å². The molecule has 0 saturated heterocycles. The molecule has 0 atom stereocenters. The van der Waals surface area contributed by atoms with E-state index in [4.69, 9.17) is 4.74 Å². The molecule has 0 saturated carbocycles. The number of ether oxygens (including phenoxy) is 1. The first-order valence-corrected chi connectivity index (χ1v) is 13.9. The molecule has 0 radical (unpaired) electrons. The first-order valence-electron chi connectivity index (χ1n) is 13.9. The van der Waals surface area contributed by atoms with Gasteiger partial charge in [-0.3, -0.25) is 0 Å². The maximum absolute atomic E-state index is 12.5. The van der Waals surface area contributed by atoms with Crippen LogP contribution in [0.5, 0.6) is 0 Å². The Morgan fingerprint density at radius 1 is 0.600 bits per heavy atom. The molecule has 3 aromatic rings. The van der Waals surface area contributed by atoms with E-state index in [9.17, 15) is 4.79 Å². The fourth-order valence-corrected chi connectivity index (χ4v) is 4.79. The number of carbonyl (C=O) groups excluding carboxylic acids is 1. The second-order valence-corrected chi connectivity index (χ2v) is 10.3. The lowest BCUT2D eigenvalue weighted by Crippen LogP contribution is -2.12. The SMILES string of the molecule is CN(C)CCCCCCCCCCCCCCCOC(=O)c1ccc2cc3ccccc3cc2c1. The summed E-state index contributed by atoms with van der Waals surface area (Å²) in [5.41, 5.74) is 0.640. The van der Waals surface area contributed by atoms with E-state index in [-0.39, 0.29) is 5.97 Å². The average Bonchev–Trinajstić information content (AvgIpc) is 2.86. The lowest BCUT2D eigenvalue weighted by Gasteiger charge is -2.08. The van der Waals surface area contributed by atoms with Gasteiger partial charge in [0, 0.05) is 0 Å².